The first-order valence-electron chi connectivity index (χ1n) is 8.68. The molecule has 2 amide bonds. The lowest BCUT2D eigenvalue weighted by atomic mass is 9.77. The largest absolute Gasteiger partial charge is 0.489 e. The molecule has 0 saturated carbocycles. The molecule has 7 nitrogen and oxygen atoms in total. The van der Waals surface area contributed by atoms with Crippen molar-refractivity contribution in [1.82, 2.24) is 0 Å². The van der Waals surface area contributed by atoms with Gasteiger partial charge >= 0.3 is 13.2 Å². The summed E-state index contributed by atoms with van der Waals surface area (Å²) in [7, 11) is -1.63. The van der Waals surface area contributed by atoms with Crippen LogP contribution in [-0.2, 0) is 9.53 Å². The highest BCUT2D eigenvalue weighted by Gasteiger charge is 2.16. The molecular weight excluding hydrogens is 359 g/mol. The highest BCUT2D eigenvalue weighted by Crippen LogP contribution is 2.17. The molecule has 0 aliphatic rings. The van der Waals surface area contributed by atoms with Crippen molar-refractivity contribution in [3.63, 3.8) is 0 Å². The highest BCUT2D eigenvalue weighted by atomic mass is 16.6. The number of hydrogen-bond acceptors (Lipinski definition) is 5. The van der Waals surface area contributed by atoms with E-state index in [-0.39, 0.29) is 0 Å². The summed E-state index contributed by atoms with van der Waals surface area (Å²) >= 11 is 0. The van der Waals surface area contributed by atoms with Crippen molar-refractivity contribution in [3.8, 4) is 0 Å². The molecule has 0 aliphatic heterocycles. The molecule has 0 fully saturated rings. The Labute approximate surface area is 164 Å². The van der Waals surface area contributed by atoms with Crippen molar-refractivity contribution in [2.75, 3.05) is 10.6 Å². The Morgan fingerprint density at radius 1 is 1.00 bits per heavy atom. The van der Waals surface area contributed by atoms with E-state index in [1.54, 1.807) is 69.3 Å². The first-order chi connectivity index (χ1) is 13.1. The van der Waals surface area contributed by atoms with Gasteiger partial charge < -0.3 is 20.1 Å². The number of benzene rings is 2. The highest BCUT2D eigenvalue weighted by molar-refractivity contribution is 6.59. The molecule has 146 valence electrons. The van der Waals surface area contributed by atoms with Crippen LogP contribution in [0.2, 0.25) is 0 Å². The molecule has 0 unspecified atom stereocenters. The summed E-state index contributed by atoms with van der Waals surface area (Å²) in [5, 5.41) is 24.0. The Bertz CT molecular complexity index is 875. The molecule has 0 spiro atoms. The van der Waals surface area contributed by atoms with Crippen LogP contribution >= 0.6 is 0 Å². The topological polar surface area (TPSA) is 108 Å². The summed E-state index contributed by atoms with van der Waals surface area (Å²) in [5.41, 5.74) is 1.17. The van der Waals surface area contributed by atoms with Crippen molar-refractivity contribution < 1.29 is 24.4 Å². The van der Waals surface area contributed by atoms with Crippen LogP contribution in [0.4, 0.5) is 16.2 Å². The van der Waals surface area contributed by atoms with Gasteiger partial charge in [-0.05, 0) is 56.1 Å². The molecule has 2 aromatic rings. The van der Waals surface area contributed by atoms with Crippen LogP contribution in [-0.4, -0.2) is 34.8 Å². The Morgan fingerprint density at radius 2 is 1.64 bits per heavy atom. The van der Waals surface area contributed by atoms with Crippen LogP contribution in [0.15, 0.2) is 54.6 Å². The van der Waals surface area contributed by atoms with Crippen LogP contribution in [0.25, 0.3) is 6.08 Å². The minimum atomic E-state index is -1.63. The molecule has 0 bridgehead atoms. The molecule has 8 heteroatoms. The van der Waals surface area contributed by atoms with E-state index in [1.807, 2.05) is 0 Å². The average Bonchev–Trinajstić information content (AvgIpc) is 2.58. The summed E-state index contributed by atoms with van der Waals surface area (Å²) in [5.74, 6) is -0.406. The molecule has 0 atom stereocenters. The van der Waals surface area contributed by atoms with Gasteiger partial charge in [0, 0.05) is 17.5 Å². The third-order valence-corrected chi connectivity index (χ3v) is 3.46. The molecule has 2 rings (SSSR count). The smallest absolute Gasteiger partial charge is 0.444 e. The zero-order valence-electron chi connectivity index (χ0n) is 16.0. The number of ether oxygens (including phenoxy) is 1. The van der Waals surface area contributed by atoms with E-state index in [0.29, 0.717) is 22.4 Å². The predicted octanol–water partition coefficient (Wildman–Crippen LogP) is 2.37. The lowest BCUT2D eigenvalue weighted by Crippen LogP contribution is -2.31. The Hall–Kier alpha value is -3.10. The second kappa shape index (κ2) is 9.21. The van der Waals surface area contributed by atoms with Crippen LogP contribution in [0.3, 0.4) is 0 Å². The lowest BCUT2D eigenvalue weighted by Gasteiger charge is -2.19. The fraction of sp³-hybridized carbons (Fsp3) is 0.200. The maximum Gasteiger partial charge on any atom is 0.489 e. The van der Waals surface area contributed by atoms with Gasteiger partial charge in [0.15, 0.2) is 0 Å². The van der Waals surface area contributed by atoms with E-state index in [9.17, 15) is 19.6 Å². The quantitative estimate of drug-likeness (QED) is 0.469. The summed E-state index contributed by atoms with van der Waals surface area (Å²) in [6.07, 6.45) is 2.19. The summed E-state index contributed by atoms with van der Waals surface area (Å²) < 4.78 is 5.19. The van der Waals surface area contributed by atoms with Crippen molar-refractivity contribution in [2.45, 2.75) is 26.4 Å². The fourth-order valence-electron chi connectivity index (χ4n) is 2.34. The second-order valence-corrected chi connectivity index (χ2v) is 7.03. The number of rotatable bonds is 5. The average molecular weight is 382 g/mol. The van der Waals surface area contributed by atoms with Gasteiger partial charge in [-0.15, -0.1) is 0 Å². The predicted molar refractivity (Wildman–Crippen MR) is 110 cm³/mol. The van der Waals surface area contributed by atoms with E-state index in [1.165, 1.54) is 12.2 Å². The normalized spacial score (nSPS) is 11.2. The number of nitrogens with one attached hydrogen (secondary N) is 2. The zero-order valence-corrected chi connectivity index (χ0v) is 16.0. The molecule has 4 N–H and O–H groups in total. The number of amides is 2. The Morgan fingerprint density at radius 3 is 2.29 bits per heavy atom. The fourth-order valence-corrected chi connectivity index (χ4v) is 2.34. The van der Waals surface area contributed by atoms with Crippen molar-refractivity contribution in [3.05, 3.63) is 60.2 Å². The number of carbonyl (C=O) groups is 2. The zero-order chi connectivity index (χ0) is 20.7. The third kappa shape index (κ3) is 6.90. The molecule has 0 heterocycles. The summed E-state index contributed by atoms with van der Waals surface area (Å²) in [4.78, 5) is 24.0. The minimum absolute atomic E-state index is 0.301. The Kier molecular flexibility index (Phi) is 6.97. The SMILES string of the molecule is CC(C)(C)OC(=O)Nc1cccc(NC(=O)/C=C/c2ccccc2B(O)O)c1. The van der Waals surface area contributed by atoms with Gasteiger partial charge in [-0.25, -0.2) is 4.79 Å². The first-order valence-corrected chi connectivity index (χ1v) is 8.68. The van der Waals surface area contributed by atoms with E-state index in [0.717, 1.165) is 0 Å². The maximum absolute atomic E-state index is 12.2. The van der Waals surface area contributed by atoms with Gasteiger partial charge in [-0.3, -0.25) is 10.1 Å². The molecule has 0 aromatic heterocycles. The lowest BCUT2D eigenvalue weighted by molar-refractivity contribution is -0.111. The number of anilines is 2. The van der Waals surface area contributed by atoms with Crippen LogP contribution in [0.1, 0.15) is 26.3 Å². The number of hydrogen-bond donors (Lipinski definition) is 4. The van der Waals surface area contributed by atoms with Gasteiger partial charge in [0.25, 0.3) is 0 Å². The molecular formula is C20H23BN2O5. The number of carbonyl (C=O) groups excluding carboxylic acids is 2. The van der Waals surface area contributed by atoms with Crippen molar-refractivity contribution >= 4 is 42.0 Å². The summed E-state index contributed by atoms with van der Waals surface area (Å²) in [6.45, 7) is 5.30. The first kappa shape index (κ1) is 21.2. The Balaban J connectivity index is 2.02. The standard InChI is InChI=1S/C20H23BN2O5/c1-20(2,3)28-19(25)23-16-9-6-8-15(13-16)22-18(24)12-11-14-7-4-5-10-17(14)21(26)27/h4-13,26-27H,1-3H3,(H,22,24)(H,23,25)/b12-11+. The van der Waals surface area contributed by atoms with Gasteiger partial charge in [0.2, 0.25) is 5.91 Å². The van der Waals surface area contributed by atoms with E-state index in [4.69, 9.17) is 4.74 Å². The monoisotopic (exact) mass is 382 g/mol. The van der Waals surface area contributed by atoms with E-state index < -0.39 is 24.7 Å². The second-order valence-electron chi connectivity index (χ2n) is 7.03. The third-order valence-electron chi connectivity index (χ3n) is 3.46. The molecule has 28 heavy (non-hydrogen) atoms. The maximum atomic E-state index is 12.2. The van der Waals surface area contributed by atoms with Crippen molar-refractivity contribution in [2.24, 2.45) is 0 Å². The van der Waals surface area contributed by atoms with Gasteiger partial charge in [-0.1, -0.05) is 30.3 Å². The molecule has 0 aliphatic carbocycles. The molecule has 2 aromatic carbocycles. The van der Waals surface area contributed by atoms with Crippen LogP contribution < -0.4 is 16.1 Å². The van der Waals surface area contributed by atoms with Gasteiger partial charge in [0.1, 0.15) is 5.60 Å². The minimum Gasteiger partial charge on any atom is -0.444 e. The van der Waals surface area contributed by atoms with Gasteiger partial charge in [-0.2, -0.15) is 0 Å². The van der Waals surface area contributed by atoms with E-state index >= 15 is 0 Å². The molecule has 0 saturated heterocycles. The van der Waals surface area contributed by atoms with E-state index in [2.05, 4.69) is 10.6 Å². The molecule has 0 radical (unpaired) electrons. The summed E-state index contributed by atoms with van der Waals surface area (Å²) in [6, 6.07) is 13.3. The van der Waals surface area contributed by atoms with Crippen molar-refractivity contribution in [1.29, 1.82) is 0 Å². The van der Waals surface area contributed by atoms with Crippen LogP contribution in [0, 0.1) is 0 Å². The van der Waals surface area contributed by atoms with Crippen LogP contribution in [0.5, 0.6) is 0 Å². The van der Waals surface area contributed by atoms with Gasteiger partial charge in [0.05, 0.1) is 0 Å².